The van der Waals surface area contributed by atoms with E-state index in [0.717, 1.165) is 5.56 Å². The second-order valence-corrected chi connectivity index (χ2v) is 6.62. The van der Waals surface area contributed by atoms with Crippen LogP contribution in [0.25, 0.3) is 6.08 Å². The second-order valence-electron chi connectivity index (χ2n) is 5.84. The van der Waals surface area contributed by atoms with Crippen molar-refractivity contribution in [1.29, 1.82) is 0 Å². The van der Waals surface area contributed by atoms with Gasteiger partial charge in [-0.15, -0.1) is 0 Å². The lowest BCUT2D eigenvalue weighted by atomic mass is 10.1. The summed E-state index contributed by atoms with van der Waals surface area (Å²) in [7, 11) is 1.55. The third-order valence-electron chi connectivity index (χ3n) is 3.87. The highest BCUT2D eigenvalue weighted by Crippen LogP contribution is 2.22. The summed E-state index contributed by atoms with van der Waals surface area (Å²) in [5.41, 5.74) is 2.04. The van der Waals surface area contributed by atoms with Crippen LogP contribution < -0.4 is 10.1 Å². The van der Waals surface area contributed by atoms with E-state index in [1.54, 1.807) is 61.7 Å². The van der Waals surface area contributed by atoms with Gasteiger partial charge in [0.05, 0.1) is 7.11 Å². The minimum atomic E-state index is -1.08. The number of benzene rings is 2. The number of hydrogen-bond acceptors (Lipinski definition) is 5. The van der Waals surface area contributed by atoms with Crippen molar-refractivity contribution >= 4 is 35.0 Å². The van der Waals surface area contributed by atoms with Crippen LogP contribution in [0.5, 0.6) is 5.75 Å². The Hall–Kier alpha value is -3.38. The maximum absolute atomic E-state index is 12.8. The molecule has 2 aromatic carbocycles. The largest absolute Gasteiger partial charge is 0.497 e. The fourth-order valence-electron chi connectivity index (χ4n) is 2.50. The first-order chi connectivity index (χ1) is 13.7. The van der Waals surface area contributed by atoms with Crippen LogP contribution >= 0.6 is 11.3 Å². The Bertz CT molecular complexity index is 952. The lowest BCUT2D eigenvalue weighted by molar-refractivity contribution is -0.149. The van der Waals surface area contributed by atoms with E-state index in [-0.39, 0.29) is 0 Å². The first-order valence-electron chi connectivity index (χ1n) is 8.56. The number of anilines is 1. The van der Waals surface area contributed by atoms with Crippen molar-refractivity contribution < 1.29 is 19.1 Å². The quantitative estimate of drug-likeness (QED) is 0.467. The average molecular weight is 393 g/mol. The van der Waals surface area contributed by atoms with Crippen molar-refractivity contribution in [1.82, 2.24) is 0 Å². The standard InChI is InChI=1S/C22H19NO4S/c1-26-19-9-5-8-18(14-19)23-22(25)21(17-6-3-2-4-7-17)27-20(24)11-10-16-12-13-28-15-16/h2-15,21H,1H3,(H,23,25)/b11-10+/t21-/m0/s1. The van der Waals surface area contributed by atoms with E-state index in [1.807, 2.05) is 22.9 Å². The summed E-state index contributed by atoms with van der Waals surface area (Å²) < 4.78 is 10.6. The van der Waals surface area contributed by atoms with Gasteiger partial charge >= 0.3 is 5.97 Å². The second kappa shape index (κ2) is 9.53. The number of esters is 1. The molecule has 0 radical (unpaired) electrons. The number of carbonyl (C=O) groups excluding carboxylic acids is 2. The molecule has 1 aromatic heterocycles. The molecule has 1 N–H and O–H groups in total. The van der Waals surface area contributed by atoms with Crippen LogP contribution in [0, 0.1) is 0 Å². The first-order valence-corrected chi connectivity index (χ1v) is 9.51. The molecule has 6 heteroatoms. The van der Waals surface area contributed by atoms with Gasteiger partial charge in [0.25, 0.3) is 5.91 Å². The molecule has 0 spiro atoms. The number of ether oxygens (including phenoxy) is 2. The van der Waals surface area contributed by atoms with Crippen molar-refractivity contribution in [3.63, 3.8) is 0 Å². The Balaban J connectivity index is 1.76. The Morgan fingerprint density at radius 2 is 1.89 bits per heavy atom. The van der Waals surface area contributed by atoms with E-state index in [9.17, 15) is 9.59 Å². The summed E-state index contributed by atoms with van der Waals surface area (Å²) in [6, 6.07) is 17.8. The lowest BCUT2D eigenvalue weighted by Gasteiger charge is -2.17. The average Bonchev–Trinajstić information content (AvgIpc) is 3.25. The Labute approximate surface area is 167 Å². The third kappa shape index (κ3) is 5.31. The molecule has 0 fully saturated rings. The summed E-state index contributed by atoms with van der Waals surface area (Å²) in [5, 5.41) is 6.60. The predicted octanol–water partition coefficient (Wildman–Crippen LogP) is 4.69. The van der Waals surface area contributed by atoms with Gasteiger partial charge in [-0.05, 0) is 40.6 Å². The number of methoxy groups -OCH3 is 1. The number of amides is 1. The summed E-state index contributed by atoms with van der Waals surface area (Å²) in [5.74, 6) is -0.428. The molecule has 5 nitrogen and oxygen atoms in total. The summed E-state index contributed by atoms with van der Waals surface area (Å²) in [4.78, 5) is 25.1. The van der Waals surface area contributed by atoms with Gasteiger partial charge in [0.2, 0.25) is 6.10 Å². The summed E-state index contributed by atoms with van der Waals surface area (Å²) in [6.45, 7) is 0. The van der Waals surface area contributed by atoms with Gasteiger partial charge in [0.1, 0.15) is 5.75 Å². The highest BCUT2D eigenvalue weighted by Gasteiger charge is 2.24. The molecule has 0 bridgehead atoms. The van der Waals surface area contributed by atoms with Gasteiger partial charge in [-0.1, -0.05) is 36.4 Å². The van der Waals surface area contributed by atoms with Crippen molar-refractivity contribution in [2.75, 3.05) is 12.4 Å². The topological polar surface area (TPSA) is 64.6 Å². The van der Waals surface area contributed by atoms with Crippen molar-refractivity contribution in [3.05, 3.63) is 88.6 Å². The molecule has 142 valence electrons. The molecule has 28 heavy (non-hydrogen) atoms. The van der Waals surface area contributed by atoms with Gasteiger partial charge in [-0.2, -0.15) is 11.3 Å². The van der Waals surface area contributed by atoms with Gasteiger partial charge in [0.15, 0.2) is 0 Å². The zero-order valence-corrected chi connectivity index (χ0v) is 16.0. The number of hydrogen-bond donors (Lipinski definition) is 1. The molecule has 3 aromatic rings. The number of thiophene rings is 1. The highest BCUT2D eigenvalue weighted by molar-refractivity contribution is 7.08. The van der Waals surface area contributed by atoms with Crippen LogP contribution in [0.2, 0.25) is 0 Å². The Morgan fingerprint density at radius 3 is 2.61 bits per heavy atom. The minimum Gasteiger partial charge on any atom is -0.497 e. The van der Waals surface area contributed by atoms with Crippen LogP contribution in [0.4, 0.5) is 5.69 Å². The maximum Gasteiger partial charge on any atom is 0.331 e. The van der Waals surface area contributed by atoms with Crippen molar-refractivity contribution in [2.45, 2.75) is 6.10 Å². The van der Waals surface area contributed by atoms with E-state index in [4.69, 9.17) is 9.47 Å². The van der Waals surface area contributed by atoms with Gasteiger partial charge in [-0.25, -0.2) is 4.79 Å². The van der Waals surface area contributed by atoms with E-state index in [1.165, 1.54) is 17.4 Å². The Kier molecular flexibility index (Phi) is 6.59. The molecule has 0 saturated carbocycles. The molecule has 0 saturated heterocycles. The summed E-state index contributed by atoms with van der Waals surface area (Å²) >= 11 is 1.53. The van der Waals surface area contributed by atoms with Crippen LogP contribution in [-0.4, -0.2) is 19.0 Å². The zero-order chi connectivity index (χ0) is 19.8. The molecule has 0 aliphatic rings. The minimum absolute atomic E-state index is 0.447. The van der Waals surface area contributed by atoms with Crippen LogP contribution in [0.3, 0.4) is 0 Å². The van der Waals surface area contributed by atoms with Gasteiger partial charge in [-0.3, -0.25) is 4.79 Å². The molecule has 0 unspecified atom stereocenters. The number of nitrogens with one attached hydrogen (secondary N) is 1. The molecule has 1 atom stereocenters. The van der Waals surface area contributed by atoms with E-state index in [2.05, 4.69) is 5.32 Å². The van der Waals surface area contributed by atoms with Crippen LogP contribution in [0.15, 0.2) is 77.5 Å². The molecule has 3 rings (SSSR count). The Morgan fingerprint density at radius 1 is 1.07 bits per heavy atom. The van der Waals surface area contributed by atoms with E-state index >= 15 is 0 Å². The van der Waals surface area contributed by atoms with Crippen molar-refractivity contribution in [2.24, 2.45) is 0 Å². The highest BCUT2D eigenvalue weighted by atomic mass is 32.1. The monoisotopic (exact) mass is 393 g/mol. The maximum atomic E-state index is 12.8. The van der Waals surface area contributed by atoms with E-state index < -0.39 is 18.0 Å². The zero-order valence-electron chi connectivity index (χ0n) is 15.2. The number of carbonyl (C=O) groups is 2. The SMILES string of the molecule is COc1cccc(NC(=O)[C@@H](OC(=O)/C=C/c2ccsc2)c2ccccc2)c1. The molecule has 1 heterocycles. The van der Waals surface area contributed by atoms with Crippen molar-refractivity contribution in [3.8, 4) is 5.75 Å². The third-order valence-corrected chi connectivity index (χ3v) is 4.57. The molecular formula is C22H19NO4S. The molecular weight excluding hydrogens is 374 g/mol. The molecule has 0 aliphatic heterocycles. The summed E-state index contributed by atoms with van der Waals surface area (Å²) in [6.07, 6.45) is 1.89. The normalized spacial score (nSPS) is 11.8. The van der Waals surface area contributed by atoms with Crippen LogP contribution in [-0.2, 0) is 14.3 Å². The molecule has 1 amide bonds. The fourth-order valence-corrected chi connectivity index (χ4v) is 3.13. The van der Waals surface area contributed by atoms with E-state index in [0.29, 0.717) is 17.0 Å². The van der Waals surface area contributed by atoms with Crippen LogP contribution in [0.1, 0.15) is 17.2 Å². The lowest BCUT2D eigenvalue weighted by Crippen LogP contribution is -2.25. The fraction of sp³-hybridized carbons (Fsp3) is 0.0909. The smallest absolute Gasteiger partial charge is 0.331 e. The van der Waals surface area contributed by atoms with Gasteiger partial charge < -0.3 is 14.8 Å². The number of rotatable bonds is 7. The predicted molar refractivity (Wildman–Crippen MR) is 110 cm³/mol. The van der Waals surface area contributed by atoms with Gasteiger partial charge in [0, 0.05) is 23.4 Å². The molecule has 0 aliphatic carbocycles. The first kappa shape index (κ1) is 19.4.